The van der Waals surface area contributed by atoms with Crippen LogP contribution in [0.5, 0.6) is 17.2 Å². The summed E-state index contributed by atoms with van der Waals surface area (Å²) in [5.41, 5.74) is 1.02. The van der Waals surface area contributed by atoms with Crippen LogP contribution in [0.2, 0.25) is 0 Å². The topological polar surface area (TPSA) is 94.5 Å². The Morgan fingerprint density at radius 3 is 2.64 bits per heavy atom. The molecule has 0 aliphatic carbocycles. The van der Waals surface area contributed by atoms with Crippen molar-refractivity contribution in [3.05, 3.63) is 59.2 Å². The molecule has 2 aromatic rings. The standard InChI is InChI=1S/C25H27NO7/c1-3-31-18-8-5-4-7-17(18)22-21(24(28)25(29)26(22)11-6-12-30-2)23(27)16-9-10-19-20(15-16)33-14-13-32-19/h4-5,7-10,15,22,27H,3,6,11-14H2,1-2H3/b23-21+. The summed E-state index contributed by atoms with van der Waals surface area (Å²) in [4.78, 5) is 27.7. The summed E-state index contributed by atoms with van der Waals surface area (Å²) in [7, 11) is 1.58. The van der Waals surface area contributed by atoms with Gasteiger partial charge < -0.3 is 29.0 Å². The highest BCUT2D eigenvalue weighted by molar-refractivity contribution is 6.46. The van der Waals surface area contributed by atoms with Crippen molar-refractivity contribution in [2.24, 2.45) is 0 Å². The first kappa shape index (κ1) is 22.7. The summed E-state index contributed by atoms with van der Waals surface area (Å²) in [5.74, 6) is -0.0767. The van der Waals surface area contributed by atoms with E-state index in [1.165, 1.54) is 4.90 Å². The predicted octanol–water partition coefficient (Wildman–Crippen LogP) is 3.31. The first-order chi connectivity index (χ1) is 16.1. The number of aliphatic hydroxyl groups excluding tert-OH is 1. The SMILES string of the molecule is CCOc1ccccc1C1/C(=C(\O)c2ccc3c(c2)OCCO3)C(=O)C(=O)N1CCCOC. The van der Waals surface area contributed by atoms with Crippen molar-refractivity contribution in [1.82, 2.24) is 4.90 Å². The molecule has 8 nitrogen and oxygen atoms in total. The van der Waals surface area contributed by atoms with Gasteiger partial charge in [0, 0.05) is 31.4 Å². The molecule has 1 saturated heterocycles. The van der Waals surface area contributed by atoms with Crippen LogP contribution in [0.25, 0.3) is 5.76 Å². The highest BCUT2D eigenvalue weighted by atomic mass is 16.6. The van der Waals surface area contributed by atoms with Crippen molar-refractivity contribution in [3.8, 4) is 17.2 Å². The molecule has 0 radical (unpaired) electrons. The molecule has 1 N–H and O–H groups in total. The smallest absolute Gasteiger partial charge is 0.295 e. The lowest BCUT2D eigenvalue weighted by Gasteiger charge is -2.27. The maximum atomic E-state index is 13.2. The van der Waals surface area contributed by atoms with Gasteiger partial charge in [-0.1, -0.05) is 18.2 Å². The van der Waals surface area contributed by atoms with Crippen LogP contribution in [-0.4, -0.2) is 61.8 Å². The Kier molecular flexibility index (Phi) is 6.84. The fourth-order valence-electron chi connectivity index (χ4n) is 4.15. The lowest BCUT2D eigenvalue weighted by Crippen LogP contribution is -2.31. The van der Waals surface area contributed by atoms with Crippen molar-refractivity contribution < 1.29 is 33.6 Å². The lowest BCUT2D eigenvalue weighted by atomic mass is 9.94. The van der Waals surface area contributed by atoms with Crippen LogP contribution < -0.4 is 14.2 Å². The van der Waals surface area contributed by atoms with Gasteiger partial charge in [-0.05, 0) is 37.6 Å². The zero-order valence-electron chi connectivity index (χ0n) is 18.7. The number of ether oxygens (including phenoxy) is 4. The largest absolute Gasteiger partial charge is 0.507 e. The quantitative estimate of drug-likeness (QED) is 0.284. The van der Waals surface area contributed by atoms with E-state index in [4.69, 9.17) is 18.9 Å². The fourth-order valence-corrected chi connectivity index (χ4v) is 4.15. The van der Waals surface area contributed by atoms with Gasteiger partial charge in [-0.25, -0.2) is 0 Å². The number of para-hydroxylation sites is 1. The molecule has 1 fully saturated rings. The van der Waals surface area contributed by atoms with Crippen LogP contribution in [-0.2, 0) is 14.3 Å². The Labute approximate surface area is 192 Å². The van der Waals surface area contributed by atoms with Gasteiger partial charge in [0.25, 0.3) is 11.7 Å². The van der Waals surface area contributed by atoms with E-state index < -0.39 is 17.7 Å². The number of carbonyl (C=O) groups is 2. The van der Waals surface area contributed by atoms with Gasteiger partial charge in [-0.15, -0.1) is 0 Å². The van der Waals surface area contributed by atoms with Crippen molar-refractivity contribution in [1.29, 1.82) is 0 Å². The van der Waals surface area contributed by atoms with E-state index in [1.54, 1.807) is 31.4 Å². The number of fused-ring (bicyclic) bond motifs is 1. The third kappa shape index (κ3) is 4.39. The van der Waals surface area contributed by atoms with Gasteiger partial charge in [0.1, 0.15) is 24.7 Å². The average Bonchev–Trinajstić information content (AvgIpc) is 3.09. The number of aliphatic hydroxyl groups is 1. The number of ketones is 1. The molecule has 33 heavy (non-hydrogen) atoms. The van der Waals surface area contributed by atoms with Crippen molar-refractivity contribution >= 4 is 17.4 Å². The second-order valence-electron chi connectivity index (χ2n) is 7.67. The van der Waals surface area contributed by atoms with Gasteiger partial charge in [-0.2, -0.15) is 0 Å². The second kappa shape index (κ2) is 9.95. The van der Waals surface area contributed by atoms with E-state index in [9.17, 15) is 14.7 Å². The van der Waals surface area contributed by atoms with Crippen LogP contribution >= 0.6 is 0 Å². The maximum absolute atomic E-state index is 13.2. The molecule has 0 aromatic heterocycles. The zero-order chi connectivity index (χ0) is 23.4. The van der Waals surface area contributed by atoms with Crippen LogP contribution in [0.3, 0.4) is 0 Å². The van der Waals surface area contributed by atoms with Gasteiger partial charge in [0.05, 0.1) is 18.2 Å². The van der Waals surface area contributed by atoms with E-state index in [-0.39, 0.29) is 11.3 Å². The second-order valence-corrected chi connectivity index (χ2v) is 7.67. The molecular formula is C25H27NO7. The number of nitrogens with zero attached hydrogens (tertiary/aromatic N) is 1. The molecule has 4 rings (SSSR count). The Morgan fingerprint density at radius 1 is 1.12 bits per heavy atom. The van der Waals surface area contributed by atoms with Crippen molar-refractivity contribution in [3.63, 3.8) is 0 Å². The van der Waals surface area contributed by atoms with E-state index in [0.29, 0.717) is 67.8 Å². The number of carbonyl (C=O) groups excluding carboxylic acids is 2. The van der Waals surface area contributed by atoms with Crippen LogP contribution in [0.1, 0.15) is 30.5 Å². The number of rotatable bonds is 8. The van der Waals surface area contributed by atoms with Crippen LogP contribution in [0.15, 0.2) is 48.0 Å². The Hall–Kier alpha value is -3.52. The molecule has 0 saturated carbocycles. The molecule has 0 bridgehead atoms. The monoisotopic (exact) mass is 453 g/mol. The number of methoxy groups -OCH3 is 1. The molecule has 2 aromatic carbocycles. The molecule has 2 aliphatic heterocycles. The Bertz CT molecular complexity index is 1080. The summed E-state index contributed by atoms with van der Waals surface area (Å²) in [6.07, 6.45) is 0.543. The number of likely N-dealkylation sites (tertiary alicyclic amines) is 1. The van der Waals surface area contributed by atoms with Gasteiger partial charge >= 0.3 is 0 Å². The molecule has 1 amide bonds. The first-order valence-electron chi connectivity index (χ1n) is 11.0. The third-order valence-electron chi connectivity index (χ3n) is 5.62. The van der Waals surface area contributed by atoms with Gasteiger partial charge in [-0.3, -0.25) is 9.59 Å². The zero-order valence-corrected chi connectivity index (χ0v) is 18.7. The molecule has 1 atom stereocenters. The first-order valence-corrected chi connectivity index (χ1v) is 11.0. The highest BCUT2D eigenvalue weighted by Gasteiger charge is 2.46. The van der Waals surface area contributed by atoms with Gasteiger partial charge in [0.15, 0.2) is 11.5 Å². The summed E-state index contributed by atoms with van der Waals surface area (Å²) < 4.78 is 22.1. The number of hydrogen-bond donors (Lipinski definition) is 1. The van der Waals surface area contributed by atoms with Gasteiger partial charge in [0.2, 0.25) is 0 Å². The minimum absolute atomic E-state index is 0.0150. The lowest BCUT2D eigenvalue weighted by molar-refractivity contribution is -0.140. The molecule has 1 unspecified atom stereocenters. The minimum atomic E-state index is -0.794. The fraction of sp³-hybridized carbons (Fsp3) is 0.360. The van der Waals surface area contributed by atoms with Crippen LogP contribution in [0, 0.1) is 0 Å². The average molecular weight is 453 g/mol. The summed E-state index contributed by atoms with van der Waals surface area (Å²) in [6.45, 7) is 3.85. The molecule has 0 spiro atoms. The Balaban J connectivity index is 1.84. The Morgan fingerprint density at radius 2 is 1.88 bits per heavy atom. The summed E-state index contributed by atoms with van der Waals surface area (Å²) in [6, 6.07) is 11.4. The third-order valence-corrected chi connectivity index (χ3v) is 5.62. The van der Waals surface area contributed by atoms with Crippen molar-refractivity contribution in [2.75, 3.05) is 40.1 Å². The number of benzene rings is 2. The molecule has 174 valence electrons. The number of hydrogen-bond acceptors (Lipinski definition) is 7. The molecule has 8 heteroatoms. The maximum Gasteiger partial charge on any atom is 0.295 e. The van der Waals surface area contributed by atoms with Crippen LogP contribution in [0.4, 0.5) is 0 Å². The van der Waals surface area contributed by atoms with Crippen molar-refractivity contribution in [2.45, 2.75) is 19.4 Å². The predicted molar refractivity (Wildman–Crippen MR) is 121 cm³/mol. The van der Waals surface area contributed by atoms with E-state index in [1.807, 2.05) is 25.1 Å². The number of Topliss-reactive ketones (excluding diaryl/α,β-unsaturated/α-hetero) is 1. The molecular weight excluding hydrogens is 426 g/mol. The highest BCUT2D eigenvalue weighted by Crippen LogP contribution is 2.43. The minimum Gasteiger partial charge on any atom is -0.507 e. The summed E-state index contributed by atoms with van der Waals surface area (Å²) in [5, 5.41) is 11.3. The molecule has 2 heterocycles. The van der Waals surface area contributed by atoms with E-state index in [2.05, 4.69) is 0 Å². The number of amides is 1. The van der Waals surface area contributed by atoms with E-state index in [0.717, 1.165) is 0 Å². The van der Waals surface area contributed by atoms with E-state index >= 15 is 0 Å². The summed E-state index contributed by atoms with van der Waals surface area (Å²) >= 11 is 0. The molecule has 2 aliphatic rings. The normalized spacial score (nSPS) is 19.1.